The lowest BCUT2D eigenvalue weighted by Gasteiger charge is -2.09. The van der Waals surface area contributed by atoms with E-state index < -0.39 is 0 Å². The first-order valence-corrected chi connectivity index (χ1v) is 6.42. The maximum Gasteiger partial charge on any atom is 0.00682 e. The number of nitrogens with one attached hydrogen (secondary N) is 1. The van der Waals surface area contributed by atoms with Crippen molar-refractivity contribution in [3.05, 3.63) is 21.9 Å². The van der Waals surface area contributed by atoms with Crippen LogP contribution in [0.15, 0.2) is 11.4 Å². The van der Waals surface area contributed by atoms with Crippen LogP contribution in [0.4, 0.5) is 0 Å². The Morgan fingerprint density at radius 2 is 2.36 bits per heavy atom. The highest BCUT2D eigenvalue weighted by molar-refractivity contribution is 7.10. The number of hydrogen-bond donors (Lipinski definition) is 1. The first-order valence-electron chi connectivity index (χ1n) is 5.54. The maximum atomic E-state index is 3.57. The normalized spacial score (nSPS) is 18.4. The third kappa shape index (κ3) is 2.82. The largest absolute Gasteiger partial charge is 0.314 e. The first-order chi connectivity index (χ1) is 6.75. The standard InChI is InChI=1S/C12H19NS/c1-9(5-6-13-12-3-4-12)11-7-10(2)14-8-11/h7-9,12-13H,3-6H2,1-2H3. The van der Waals surface area contributed by atoms with Gasteiger partial charge in [0, 0.05) is 10.9 Å². The second-order valence-corrected chi connectivity index (χ2v) is 5.52. The van der Waals surface area contributed by atoms with Gasteiger partial charge < -0.3 is 5.32 Å². The zero-order valence-corrected chi connectivity index (χ0v) is 9.86. The van der Waals surface area contributed by atoms with Crippen LogP contribution in [-0.2, 0) is 0 Å². The van der Waals surface area contributed by atoms with Gasteiger partial charge in [-0.25, -0.2) is 0 Å². The second kappa shape index (κ2) is 4.45. The van der Waals surface area contributed by atoms with Gasteiger partial charge in [-0.05, 0) is 55.7 Å². The molecule has 1 aromatic heterocycles. The molecule has 1 aliphatic carbocycles. The fraction of sp³-hybridized carbons (Fsp3) is 0.667. The molecule has 1 aliphatic rings. The van der Waals surface area contributed by atoms with Crippen LogP contribution in [0.1, 0.15) is 42.5 Å². The molecule has 0 amide bonds. The van der Waals surface area contributed by atoms with E-state index in [9.17, 15) is 0 Å². The predicted octanol–water partition coefficient (Wildman–Crippen LogP) is 3.30. The number of aryl methyl sites for hydroxylation is 1. The average Bonchev–Trinajstić information content (AvgIpc) is 2.87. The van der Waals surface area contributed by atoms with Crippen molar-refractivity contribution in [1.29, 1.82) is 0 Å². The Hall–Kier alpha value is -0.340. The molecule has 0 aliphatic heterocycles. The number of thiophene rings is 1. The molecule has 0 saturated heterocycles. The Morgan fingerprint density at radius 3 is 2.93 bits per heavy atom. The molecule has 1 heterocycles. The molecule has 0 aromatic carbocycles. The molecule has 78 valence electrons. The van der Waals surface area contributed by atoms with E-state index in [-0.39, 0.29) is 0 Å². The van der Waals surface area contributed by atoms with E-state index in [1.807, 2.05) is 11.3 Å². The third-order valence-corrected chi connectivity index (χ3v) is 3.79. The molecule has 1 fully saturated rings. The van der Waals surface area contributed by atoms with Crippen LogP contribution in [0.3, 0.4) is 0 Å². The molecule has 1 aromatic rings. The SMILES string of the molecule is Cc1cc(C(C)CCNC2CC2)cs1. The highest BCUT2D eigenvalue weighted by Gasteiger charge is 2.20. The summed E-state index contributed by atoms with van der Waals surface area (Å²) in [5.74, 6) is 0.714. The lowest BCUT2D eigenvalue weighted by molar-refractivity contribution is 0.593. The monoisotopic (exact) mass is 209 g/mol. The van der Waals surface area contributed by atoms with Gasteiger partial charge in [0.15, 0.2) is 0 Å². The van der Waals surface area contributed by atoms with Crippen molar-refractivity contribution in [2.45, 2.75) is 45.1 Å². The minimum absolute atomic E-state index is 0.714. The smallest absolute Gasteiger partial charge is 0.00682 e. The van der Waals surface area contributed by atoms with E-state index in [0.717, 1.165) is 6.04 Å². The van der Waals surface area contributed by atoms with Gasteiger partial charge in [0.1, 0.15) is 0 Å². The summed E-state index contributed by atoms with van der Waals surface area (Å²) in [5, 5.41) is 5.87. The van der Waals surface area contributed by atoms with Gasteiger partial charge in [-0.2, -0.15) is 0 Å². The van der Waals surface area contributed by atoms with Gasteiger partial charge in [-0.1, -0.05) is 6.92 Å². The van der Waals surface area contributed by atoms with Crippen LogP contribution in [0.5, 0.6) is 0 Å². The summed E-state index contributed by atoms with van der Waals surface area (Å²) in [4.78, 5) is 1.43. The Labute approximate surface area is 90.5 Å². The van der Waals surface area contributed by atoms with E-state index in [0.29, 0.717) is 5.92 Å². The zero-order valence-electron chi connectivity index (χ0n) is 9.05. The highest BCUT2D eigenvalue weighted by Crippen LogP contribution is 2.24. The van der Waals surface area contributed by atoms with Gasteiger partial charge in [0.2, 0.25) is 0 Å². The second-order valence-electron chi connectivity index (χ2n) is 4.41. The van der Waals surface area contributed by atoms with Gasteiger partial charge >= 0.3 is 0 Å². The van der Waals surface area contributed by atoms with Crippen LogP contribution < -0.4 is 5.32 Å². The molecule has 0 bridgehead atoms. The molecule has 1 nitrogen and oxygen atoms in total. The summed E-state index contributed by atoms with van der Waals surface area (Å²) in [6.45, 7) is 5.69. The van der Waals surface area contributed by atoms with Crippen LogP contribution in [0.25, 0.3) is 0 Å². The van der Waals surface area contributed by atoms with E-state index in [2.05, 4.69) is 30.6 Å². The topological polar surface area (TPSA) is 12.0 Å². The van der Waals surface area contributed by atoms with Crippen LogP contribution >= 0.6 is 11.3 Å². The highest BCUT2D eigenvalue weighted by atomic mass is 32.1. The fourth-order valence-electron chi connectivity index (χ4n) is 1.68. The van der Waals surface area contributed by atoms with E-state index in [4.69, 9.17) is 0 Å². The summed E-state index contributed by atoms with van der Waals surface area (Å²) in [5.41, 5.74) is 1.52. The van der Waals surface area contributed by atoms with Crippen molar-refractivity contribution in [3.8, 4) is 0 Å². The quantitative estimate of drug-likeness (QED) is 0.784. The predicted molar refractivity (Wildman–Crippen MR) is 63.1 cm³/mol. The summed E-state index contributed by atoms with van der Waals surface area (Å²) in [6, 6.07) is 3.18. The van der Waals surface area contributed by atoms with Crippen LogP contribution in [0.2, 0.25) is 0 Å². The average molecular weight is 209 g/mol. The molecule has 0 spiro atoms. The molecule has 1 atom stereocenters. The van der Waals surface area contributed by atoms with Gasteiger partial charge in [0.25, 0.3) is 0 Å². The summed E-state index contributed by atoms with van der Waals surface area (Å²) in [6.07, 6.45) is 4.06. The Bertz CT molecular complexity index is 288. The van der Waals surface area contributed by atoms with Crippen molar-refractivity contribution in [3.63, 3.8) is 0 Å². The molecule has 0 radical (unpaired) electrons. The third-order valence-electron chi connectivity index (χ3n) is 2.91. The first kappa shape index (κ1) is 10.2. The lowest BCUT2D eigenvalue weighted by Crippen LogP contribution is -2.18. The number of hydrogen-bond acceptors (Lipinski definition) is 2. The Balaban J connectivity index is 1.73. The summed E-state index contributed by atoms with van der Waals surface area (Å²) in [7, 11) is 0. The van der Waals surface area contributed by atoms with Crippen molar-refractivity contribution in [2.24, 2.45) is 0 Å². The minimum Gasteiger partial charge on any atom is -0.314 e. The van der Waals surface area contributed by atoms with Gasteiger partial charge in [-0.3, -0.25) is 0 Å². The Morgan fingerprint density at radius 1 is 1.57 bits per heavy atom. The van der Waals surface area contributed by atoms with E-state index in [1.165, 1.54) is 36.2 Å². The molecular formula is C12H19NS. The molecule has 2 heteroatoms. The molecule has 1 saturated carbocycles. The Kier molecular flexibility index (Phi) is 3.24. The van der Waals surface area contributed by atoms with Gasteiger partial charge in [0.05, 0.1) is 0 Å². The molecular weight excluding hydrogens is 190 g/mol. The van der Waals surface area contributed by atoms with Crippen LogP contribution in [0, 0.1) is 6.92 Å². The fourth-order valence-corrected chi connectivity index (χ4v) is 2.51. The molecule has 14 heavy (non-hydrogen) atoms. The van der Waals surface area contributed by atoms with E-state index in [1.54, 1.807) is 0 Å². The summed E-state index contributed by atoms with van der Waals surface area (Å²) >= 11 is 1.86. The molecule has 1 unspecified atom stereocenters. The van der Waals surface area contributed by atoms with Crippen molar-refractivity contribution in [2.75, 3.05) is 6.54 Å². The van der Waals surface area contributed by atoms with E-state index >= 15 is 0 Å². The molecule has 1 N–H and O–H groups in total. The molecule has 2 rings (SSSR count). The van der Waals surface area contributed by atoms with Crippen LogP contribution in [-0.4, -0.2) is 12.6 Å². The maximum absolute atomic E-state index is 3.57. The summed E-state index contributed by atoms with van der Waals surface area (Å²) < 4.78 is 0. The lowest BCUT2D eigenvalue weighted by atomic mass is 10.0. The van der Waals surface area contributed by atoms with Crippen molar-refractivity contribution >= 4 is 11.3 Å². The van der Waals surface area contributed by atoms with Crippen molar-refractivity contribution < 1.29 is 0 Å². The minimum atomic E-state index is 0.714. The number of rotatable bonds is 5. The zero-order chi connectivity index (χ0) is 9.97. The van der Waals surface area contributed by atoms with Gasteiger partial charge in [-0.15, -0.1) is 11.3 Å². The van der Waals surface area contributed by atoms with Crippen molar-refractivity contribution in [1.82, 2.24) is 5.32 Å².